The molecule has 2 rings (SSSR count). The fourth-order valence-electron chi connectivity index (χ4n) is 3.97. The van der Waals surface area contributed by atoms with Crippen molar-refractivity contribution in [2.45, 2.75) is 73.6 Å². The number of azide groups is 2. The molecule has 2 saturated heterocycles. The summed E-state index contributed by atoms with van der Waals surface area (Å²) in [6.07, 6.45) is -10.6. The first kappa shape index (κ1) is 36.7. The number of amides is 2. The summed E-state index contributed by atoms with van der Waals surface area (Å²) in [5.41, 5.74) is 16.2. The van der Waals surface area contributed by atoms with Crippen molar-refractivity contribution in [1.29, 1.82) is 0 Å². The molecule has 10 atom stereocenters. The largest absolute Gasteiger partial charge is 0.544 e. The zero-order chi connectivity index (χ0) is 32.0. The highest BCUT2D eigenvalue weighted by Crippen LogP contribution is 2.32. The molecule has 4 unspecified atom stereocenters. The predicted octanol–water partition coefficient (Wildman–Crippen LogP) is -6.02. The van der Waals surface area contributed by atoms with E-state index in [0.29, 0.717) is 0 Å². The van der Waals surface area contributed by atoms with Crippen LogP contribution >= 0.6 is 0 Å². The molecule has 22 heteroatoms. The van der Waals surface area contributed by atoms with Gasteiger partial charge in [-0.15, -0.1) is 0 Å². The third-order valence-electron chi connectivity index (χ3n) is 6.20. The molecule has 0 spiro atoms. The van der Waals surface area contributed by atoms with E-state index < -0.39 is 105 Å². The molecular formula is C20H33N8O14-. The summed E-state index contributed by atoms with van der Waals surface area (Å²) < 4.78 is 14.9. The van der Waals surface area contributed by atoms with Gasteiger partial charge in [0.05, 0.1) is 19.3 Å². The van der Waals surface area contributed by atoms with Crippen LogP contribution in [0.4, 0.5) is 0 Å². The number of nitrogens with zero attached hydrogens (tertiary/aromatic N) is 6. The van der Waals surface area contributed by atoms with Crippen molar-refractivity contribution in [3.63, 3.8) is 0 Å². The standard InChI is InChI=1S/C12H20N4O8.C8H14N4O6/c1-23-12(11(21)22)3-2-6(15-8(19)4-14-16-13)10(24-12)9(20)7(18)5-17;9-12-10-1-4(14)11-5-7(16)6(15)3(2-13)18-8(5)17/h6-7,9-10,17-18,20H,2-5H2,1H3,(H,15,19)(H,21,22);3,5-8,13,15-17H,1-2H2,(H,11,14)/p-1/t6-,7-,9-,10?,12-;3?,5-,6-,7?,8?/m11/s1. The third kappa shape index (κ3) is 9.87. The summed E-state index contributed by atoms with van der Waals surface area (Å²) in [6, 6.07) is -2.19. The molecule has 0 aromatic carbocycles. The summed E-state index contributed by atoms with van der Waals surface area (Å²) in [4.78, 5) is 39.0. The zero-order valence-corrected chi connectivity index (χ0v) is 22.1. The molecule has 9 N–H and O–H groups in total. The van der Waals surface area contributed by atoms with Gasteiger partial charge in [0, 0.05) is 23.4 Å². The Morgan fingerprint density at radius 2 is 1.64 bits per heavy atom. The molecule has 42 heavy (non-hydrogen) atoms. The number of methoxy groups -OCH3 is 1. The number of aliphatic carboxylic acids is 1. The number of carboxylic acid groups (broad SMARTS) is 1. The van der Waals surface area contributed by atoms with Gasteiger partial charge in [0.1, 0.15) is 61.7 Å². The fraction of sp³-hybridized carbons (Fsp3) is 0.850. The number of carbonyl (C=O) groups excluding carboxylic acids is 3. The lowest BCUT2D eigenvalue weighted by molar-refractivity contribution is -0.372. The molecule has 238 valence electrons. The van der Waals surface area contributed by atoms with Crippen LogP contribution in [0.5, 0.6) is 0 Å². The average Bonchev–Trinajstić information content (AvgIpc) is 2.98. The van der Waals surface area contributed by atoms with Gasteiger partial charge in [-0.3, -0.25) is 9.59 Å². The van der Waals surface area contributed by atoms with Crippen LogP contribution in [-0.4, -0.2) is 148 Å². The van der Waals surface area contributed by atoms with Gasteiger partial charge in [0.25, 0.3) is 0 Å². The van der Waals surface area contributed by atoms with Gasteiger partial charge in [-0.25, -0.2) is 0 Å². The lowest BCUT2D eigenvalue weighted by Crippen LogP contribution is -2.65. The number of rotatable bonds is 12. The highest BCUT2D eigenvalue weighted by molar-refractivity contribution is 5.79. The van der Waals surface area contributed by atoms with E-state index in [9.17, 15) is 45.0 Å². The van der Waals surface area contributed by atoms with Crippen molar-refractivity contribution >= 4 is 17.8 Å². The summed E-state index contributed by atoms with van der Waals surface area (Å²) in [7, 11) is 1.07. The molecule has 0 aliphatic carbocycles. The van der Waals surface area contributed by atoms with E-state index in [2.05, 4.69) is 30.7 Å². The topological polar surface area (TPSA) is 365 Å². The normalized spacial score (nSPS) is 32.0. The SMILES string of the molecule is CO[C@]1(C(=O)[O-])CC[C@@H](NC(=O)CN=[N+]=[N-])C([C@H](O)[C@H](O)CO)O1.[N-]=[N+]=NCC(=O)N[C@H]1C(O)OC(CO)[C@@H](O)C1O. The maximum atomic E-state index is 11.7. The van der Waals surface area contributed by atoms with Crippen molar-refractivity contribution < 1.29 is 69.4 Å². The number of carbonyl (C=O) groups is 3. The smallest absolute Gasteiger partial charge is 0.226 e. The second kappa shape index (κ2) is 17.6. The Morgan fingerprint density at radius 1 is 1.07 bits per heavy atom. The van der Waals surface area contributed by atoms with Crippen LogP contribution in [0.1, 0.15) is 12.8 Å². The maximum absolute atomic E-state index is 11.7. The highest BCUT2D eigenvalue weighted by atomic mass is 16.7. The van der Waals surface area contributed by atoms with Crippen LogP contribution in [0.15, 0.2) is 10.2 Å². The van der Waals surface area contributed by atoms with Crippen LogP contribution in [-0.2, 0) is 28.6 Å². The lowest BCUT2D eigenvalue weighted by Gasteiger charge is -2.46. The molecule has 0 aromatic heterocycles. The number of hydrogen-bond acceptors (Lipinski definition) is 16. The quantitative estimate of drug-likeness (QED) is 0.0565. The van der Waals surface area contributed by atoms with Crippen molar-refractivity contribution in [1.82, 2.24) is 10.6 Å². The second-order valence-electron chi connectivity index (χ2n) is 8.88. The Balaban J connectivity index is 0.000000437. The first-order chi connectivity index (χ1) is 19.8. The minimum Gasteiger partial charge on any atom is -0.544 e. The van der Waals surface area contributed by atoms with Crippen LogP contribution in [0.3, 0.4) is 0 Å². The minimum absolute atomic E-state index is 0.00367. The highest BCUT2D eigenvalue weighted by Gasteiger charge is 2.48. The van der Waals surface area contributed by atoms with E-state index in [-0.39, 0.29) is 12.8 Å². The minimum atomic E-state index is -2.16. The number of aliphatic hydroxyl groups excluding tert-OH is 7. The van der Waals surface area contributed by atoms with Crippen LogP contribution < -0.4 is 15.7 Å². The van der Waals surface area contributed by atoms with E-state index in [4.69, 9.17) is 35.5 Å². The molecule has 2 aliphatic rings. The Bertz CT molecular complexity index is 1010. The zero-order valence-electron chi connectivity index (χ0n) is 22.1. The Labute approximate surface area is 236 Å². The lowest BCUT2D eigenvalue weighted by atomic mass is 9.91. The van der Waals surface area contributed by atoms with Gasteiger partial charge >= 0.3 is 0 Å². The summed E-state index contributed by atoms with van der Waals surface area (Å²) in [6.45, 7) is -2.42. The van der Waals surface area contributed by atoms with E-state index in [0.717, 1.165) is 7.11 Å². The van der Waals surface area contributed by atoms with Crippen LogP contribution in [0.25, 0.3) is 20.9 Å². The number of carboxylic acids is 1. The molecule has 22 nitrogen and oxygen atoms in total. The summed E-state index contributed by atoms with van der Waals surface area (Å²) in [5, 5.41) is 88.1. The first-order valence-electron chi connectivity index (χ1n) is 12.1. The van der Waals surface area contributed by atoms with E-state index in [1.165, 1.54) is 0 Å². The third-order valence-corrected chi connectivity index (χ3v) is 6.20. The van der Waals surface area contributed by atoms with Crippen molar-refractivity contribution in [3.8, 4) is 0 Å². The average molecular weight is 610 g/mol. The van der Waals surface area contributed by atoms with Gasteiger partial charge < -0.3 is 70.5 Å². The molecule has 0 aromatic rings. The summed E-state index contributed by atoms with van der Waals surface area (Å²) >= 11 is 0. The van der Waals surface area contributed by atoms with Gasteiger partial charge in [0.2, 0.25) is 17.6 Å². The Morgan fingerprint density at radius 3 is 2.12 bits per heavy atom. The van der Waals surface area contributed by atoms with Gasteiger partial charge in [-0.2, -0.15) is 0 Å². The van der Waals surface area contributed by atoms with Gasteiger partial charge in [0.15, 0.2) is 6.29 Å². The van der Waals surface area contributed by atoms with Crippen molar-refractivity contribution in [3.05, 3.63) is 20.9 Å². The molecule has 0 radical (unpaired) electrons. The number of ether oxygens (including phenoxy) is 3. The molecule has 2 aliphatic heterocycles. The van der Waals surface area contributed by atoms with E-state index in [1.54, 1.807) is 0 Å². The monoisotopic (exact) mass is 609 g/mol. The van der Waals surface area contributed by atoms with Crippen LogP contribution in [0.2, 0.25) is 0 Å². The van der Waals surface area contributed by atoms with Crippen molar-refractivity contribution in [2.24, 2.45) is 10.2 Å². The molecular weight excluding hydrogens is 576 g/mol. The summed E-state index contributed by atoms with van der Waals surface area (Å²) in [5.74, 6) is -5.27. The first-order valence-corrected chi connectivity index (χ1v) is 12.1. The maximum Gasteiger partial charge on any atom is 0.226 e. The van der Waals surface area contributed by atoms with Gasteiger partial charge in [-0.05, 0) is 17.5 Å². The predicted molar refractivity (Wildman–Crippen MR) is 130 cm³/mol. The molecule has 0 saturated carbocycles. The number of hydrogen-bond donors (Lipinski definition) is 9. The van der Waals surface area contributed by atoms with Crippen molar-refractivity contribution in [2.75, 3.05) is 33.4 Å². The van der Waals surface area contributed by atoms with E-state index in [1.807, 2.05) is 0 Å². The van der Waals surface area contributed by atoms with Gasteiger partial charge in [-0.1, -0.05) is 10.2 Å². The number of aliphatic hydroxyl groups is 7. The Hall–Kier alpha value is -3.37. The second-order valence-corrected chi connectivity index (χ2v) is 8.88. The molecule has 2 fully saturated rings. The Kier molecular flexibility index (Phi) is 15.3. The molecule has 0 bridgehead atoms. The van der Waals surface area contributed by atoms with E-state index >= 15 is 0 Å². The number of nitrogens with one attached hydrogen (secondary N) is 2. The molecule has 2 heterocycles. The fourth-order valence-corrected chi connectivity index (χ4v) is 3.97. The van der Waals surface area contributed by atoms with Crippen LogP contribution in [0, 0.1) is 0 Å². The molecule has 2 amide bonds.